The molecular formula is C12H18N2O2S. The van der Waals surface area contributed by atoms with Gasteiger partial charge in [0.25, 0.3) is 0 Å². The number of hydrogen-bond acceptors (Lipinski definition) is 4. The first-order valence-corrected chi connectivity index (χ1v) is 7.30. The van der Waals surface area contributed by atoms with Crippen LogP contribution < -0.4 is 5.32 Å². The van der Waals surface area contributed by atoms with Crippen molar-refractivity contribution in [3.63, 3.8) is 0 Å². The van der Waals surface area contributed by atoms with Crippen LogP contribution in [0.5, 0.6) is 0 Å². The van der Waals surface area contributed by atoms with E-state index in [1.165, 1.54) is 37.4 Å². The van der Waals surface area contributed by atoms with Crippen LogP contribution in [-0.2, 0) is 4.79 Å². The van der Waals surface area contributed by atoms with Crippen LogP contribution in [0.25, 0.3) is 0 Å². The SMILES string of the molecule is O=C1NC(=NC2CC3CCC2C3)SC1CCO. The Morgan fingerprint density at radius 3 is 2.94 bits per heavy atom. The molecule has 17 heavy (non-hydrogen) atoms. The van der Waals surface area contributed by atoms with Crippen LogP contribution in [-0.4, -0.2) is 34.1 Å². The van der Waals surface area contributed by atoms with Crippen LogP contribution in [0.1, 0.15) is 32.1 Å². The van der Waals surface area contributed by atoms with Crippen LogP contribution in [0.2, 0.25) is 0 Å². The van der Waals surface area contributed by atoms with Gasteiger partial charge in [-0.25, -0.2) is 0 Å². The highest BCUT2D eigenvalue weighted by molar-refractivity contribution is 8.15. The number of carbonyl (C=O) groups is 1. The molecule has 4 nitrogen and oxygen atoms in total. The summed E-state index contributed by atoms with van der Waals surface area (Å²) in [6, 6.07) is 0.435. The minimum Gasteiger partial charge on any atom is -0.396 e. The maximum absolute atomic E-state index is 11.6. The van der Waals surface area contributed by atoms with Crippen molar-refractivity contribution in [3.05, 3.63) is 0 Å². The smallest absolute Gasteiger partial charge is 0.239 e. The molecule has 0 aromatic heterocycles. The second-order valence-electron chi connectivity index (χ2n) is 5.28. The van der Waals surface area contributed by atoms with Gasteiger partial charge >= 0.3 is 0 Å². The molecule has 2 aliphatic carbocycles. The van der Waals surface area contributed by atoms with Crippen molar-refractivity contribution in [2.24, 2.45) is 16.8 Å². The summed E-state index contributed by atoms with van der Waals surface area (Å²) in [6.45, 7) is 0.0620. The largest absolute Gasteiger partial charge is 0.396 e. The minimum absolute atomic E-state index is 0.00552. The van der Waals surface area contributed by atoms with Gasteiger partial charge in [0.2, 0.25) is 5.91 Å². The molecule has 4 unspecified atom stereocenters. The number of nitrogens with one attached hydrogen (secondary N) is 1. The Kier molecular flexibility index (Phi) is 3.13. The molecule has 1 aliphatic heterocycles. The van der Waals surface area contributed by atoms with Crippen molar-refractivity contribution in [2.75, 3.05) is 6.61 Å². The van der Waals surface area contributed by atoms with Gasteiger partial charge in [-0.3, -0.25) is 9.79 Å². The summed E-state index contributed by atoms with van der Waals surface area (Å²) in [7, 11) is 0. The molecule has 2 saturated carbocycles. The second kappa shape index (κ2) is 4.61. The number of amides is 1. The molecule has 5 heteroatoms. The number of thioether (sulfide) groups is 1. The predicted molar refractivity (Wildman–Crippen MR) is 67.9 cm³/mol. The van der Waals surface area contributed by atoms with Crippen molar-refractivity contribution in [3.8, 4) is 0 Å². The number of rotatable bonds is 3. The number of fused-ring (bicyclic) bond motifs is 2. The first-order valence-electron chi connectivity index (χ1n) is 6.42. The van der Waals surface area contributed by atoms with Gasteiger partial charge in [0.1, 0.15) is 0 Å². The first kappa shape index (κ1) is 11.5. The number of aliphatic hydroxyl groups excluding tert-OH is 1. The molecule has 0 aromatic rings. The van der Waals surface area contributed by atoms with E-state index in [4.69, 9.17) is 10.1 Å². The van der Waals surface area contributed by atoms with E-state index in [9.17, 15) is 4.79 Å². The summed E-state index contributed by atoms with van der Waals surface area (Å²) in [6.07, 6.45) is 5.74. The quantitative estimate of drug-likeness (QED) is 0.794. The van der Waals surface area contributed by atoms with E-state index in [2.05, 4.69) is 5.32 Å². The Labute approximate surface area is 105 Å². The zero-order chi connectivity index (χ0) is 11.8. The van der Waals surface area contributed by atoms with Gasteiger partial charge in [-0.15, -0.1) is 0 Å². The van der Waals surface area contributed by atoms with E-state index < -0.39 is 0 Å². The molecule has 3 fully saturated rings. The van der Waals surface area contributed by atoms with E-state index in [1.54, 1.807) is 0 Å². The molecule has 3 rings (SSSR count). The summed E-state index contributed by atoms with van der Waals surface area (Å²) in [5, 5.41) is 12.3. The number of carbonyl (C=O) groups excluding carboxylic acids is 1. The van der Waals surface area contributed by atoms with Crippen LogP contribution >= 0.6 is 11.8 Å². The molecule has 0 radical (unpaired) electrons. The van der Waals surface area contributed by atoms with Crippen molar-refractivity contribution in [1.29, 1.82) is 0 Å². The average molecular weight is 254 g/mol. The highest BCUT2D eigenvalue weighted by atomic mass is 32.2. The normalized spacial score (nSPS) is 42.4. The summed E-state index contributed by atoms with van der Waals surface area (Å²) < 4.78 is 0. The topological polar surface area (TPSA) is 61.7 Å². The van der Waals surface area contributed by atoms with Crippen molar-refractivity contribution in [2.45, 2.75) is 43.4 Å². The molecule has 4 atom stereocenters. The number of amidine groups is 1. The van der Waals surface area contributed by atoms with Gasteiger partial charge in [0.05, 0.1) is 11.3 Å². The van der Waals surface area contributed by atoms with Crippen LogP contribution in [0, 0.1) is 11.8 Å². The Morgan fingerprint density at radius 1 is 1.41 bits per heavy atom. The van der Waals surface area contributed by atoms with Gasteiger partial charge in [0.15, 0.2) is 5.17 Å². The first-order chi connectivity index (χ1) is 8.26. The van der Waals surface area contributed by atoms with Gasteiger partial charge < -0.3 is 10.4 Å². The van der Waals surface area contributed by atoms with Gasteiger partial charge in [-0.1, -0.05) is 18.2 Å². The van der Waals surface area contributed by atoms with Gasteiger partial charge in [-0.2, -0.15) is 0 Å². The molecule has 1 heterocycles. The third-order valence-electron chi connectivity index (χ3n) is 4.15. The maximum Gasteiger partial charge on any atom is 0.239 e. The van der Waals surface area contributed by atoms with Crippen LogP contribution in [0.15, 0.2) is 4.99 Å². The summed E-state index contributed by atoms with van der Waals surface area (Å²) >= 11 is 1.49. The van der Waals surface area contributed by atoms with E-state index in [0.29, 0.717) is 12.5 Å². The highest BCUT2D eigenvalue weighted by Crippen LogP contribution is 2.46. The molecule has 2 N–H and O–H groups in total. The lowest BCUT2D eigenvalue weighted by Gasteiger charge is -2.17. The van der Waals surface area contributed by atoms with Crippen molar-refractivity contribution in [1.82, 2.24) is 5.32 Å². The molecule has 1 amide bonds. The number of aliphatic hydroxyl groups is 1. The molecule has 0 aromatic carbocycles. The summed E-state index contributed by atoms with van der Waals surface area (Å²) in [5.41, 5.74) is 0. The highest BCUT2D eigenvalue weighted by Gasteiger charge is 2.40. The fraction of sp³-hybridized carbons (Fsp3) is 0.833. The Morgan fingerprint density at radius 2 is 2.29 bits per heavy atom. The Hall–Kier alpha value is -0.550. The fourth-order valence-corrected chi connectivity index (χ4v) is 4.31. The molecule has 0 spiro atoms. The van der Waals surface area contributed by atoms with Gasteiger partial charge in [0, 0.05) is 6.61 Å². The number of aliphatic imine (C=N–C) groups is 1. The van der Waals surface area contributed by atoms with E-state index in [1.807, 2.05) is 0 Å². The van der Waals surface area contributed by atoms with Crippen LogP contribution in [0.3, 0.4) is 0 Å². The monoisotopic (exact) mass is 254 g/mol. The molecule has 1 saturated heterocycles. The van der Waals surface area contributed by atoms with Crippen LogP contribution in [0.4, 0.5) is 0 Å². The van der Waals surface area contributed by atoms with Crippen molar-refractivity contribution >= 4 is 22.8 Å². The van der Waals surface area contributed by atoms with Gasteiger partial charge in [-0.05, 0) is 37.5 Å². The van der Waals surface area contributed by atoms with E-state index in [-0.39, 0.29) is 17.8 Å². The molecule has 94 valence electrons. The maximum atomic E-state index is 11.6. The lowest BCUT2D eigenvalue weighted by Crippen LogP contribution is -2.26. The van der Waals surface area contributed by atoms with Crippen molar-refractivity contribution < 1.29 is 9.90 Å². The third-order valence-corrected chi connectivity index (χ3v) is 5.32. The average Bonchev–Trinajstić information content (AvgIpc) is 2.96. The van der Waals surface area contributed by atoms with E-state index >= 15 is 0 Å². The second-order valence-corrected chi connectivity index (χ2v) is 6.48. The number of hydrogen-bond donors (Lipinski definition) is 2. The summed E-state index contributed by atoms with van der Waals surface area (Å²) in [5.74, 6) is 1.64. The lowest BCUT2D eigenvalue weighted by atomic mass is 9.96. The zero-order valence-corrected chi connectivity index (χ0v) is 10.6. The number of nitrogens with zero attached hydrogens (tertiary/aromatic N) is 1. The Balaban J connectivity index is 1.64. The minimum atomic E-state index is -0.141. The third kappa shape index (κ3) is 2.22. The zero-order valence-electron chi connectivity index (χ0n) is 9.76. The fourth-order valence-electron chi connectivity index (χ4n) is 3.29. The Bertz CT molecular complexity index is 358. The molecule has 2 bridgehead atoms. The lowest BCUT2D eigenvalue weighted by molar-refractivity contribution is -0.119. The van der Waals surface area contributed by atoms with E-state index in [0.717, 1.165) is 17.0 Å². The predicted octanol–water partition coefficient (Wildman–Crippen LogP) is 1.14. The molecule has 3 aliphatic rings. The standard InChI is InChI=1S/C12H18N2O2S/c15-4-3-10-11(16)14-12(17-10)13-9-6-7-1-2-8(9)5-7/h7-10,15H,1-6H2,(H,13,14,16). The molecular weight excluding hydrogens is 236 g/mol. The summed E-state index contributed by atoms with van der Waals surface area (Å²) in [4.78, 5) is 16.3.